The number of hydrogen-bond donors (Lipinski definition) is 0. The van der Waals surface area contributed by atoms with Gasteiger partial charge in [-0.05, 0) is 19.8 Å². The van der Waals surface area contributed by atoms with Crippen molar-refractivity contribution in [2.24, 2.45) is 4.99 Å². The second kappa shape index (κ2) is 4.01. The zero-order valence-electron chi connectivity index (χ0n) is 9.96. The number of aliphatic imine (C=N–C) groups is 1. The summed E-state index contributed by atoms with van der Waals surface area (Å²) in [6.07, 6.45) is 3.29. The van der Waals surface area contributed by atoms with Gasteiger partial charge in [0.2, 0.25) is 6.08 Å². The summed E-state index contributed by atoms with van der Waals surface area (Å²) in [5.74, 6) is 1.38. The van der Waals surface area contributed by atoms with E-state index in [-0.39, 0.29) is 0 Å². The summed E-state index contributed by atoms with van der Waals surface area (Å²) in [6, 6.07) is 1.75. The van der Waals surface area contributed by atoms with Crippen molar-refractivity contribution in [3.05, 3.63) is 22.2 Å². The van der Waals surface area contributed by atoms with Crippen molar-refractivity contribution in [3.8, 4) is 11.5 Å². The fourth-order valence-electron chi connectivity index (χ4n) is 2.51. The van der Waals surface area contributed by atoms with Crippen LogP contribution in [0, 0.1) is 6.92 Å². The van der Waals surface area contributed by atoms with Gasteiger partial charge >= 0.3 is 0 Å². The number of nitrogens with zero attached hydrogens (tertiary/aromatic N) is 1. The van der Waals surface area contributed by atoms with Crippen molar-refractivity contribution in [1.82, 2.24) is 0 Å². The fraction of sp³-hybridized carbons (Fsp3) is 0.462. The van der Waals surface area contributed by atoms with Gasteiger partial charge in [0.1, 0.15) is 18.8 Å². The van der Waals surface area contributed by atoms with Crippen molar-refractivity contribution < 1.29 is 14.3 Å². The number of isocyanates is 1. The van der Waals surface area contributed by atoms with E-state index in [2.05, 4.69) is 4.99 Å². The van der Waals surface area contributed by atoms with Crippen LogP contribution in [0.1, 0.15) is 24.0 Å². The van der Waals surface area contributed by atoms with Crippen LogP contribution in [0.3, 0.4) is 0 Å². The molecule has 2 aliphatic rings. The molecule has 1 heterocycles. The smallest absolute Gasteiger partial charge is 0.235 e. The van der Waals surface area contributed by atoms with Gasteiger partial charge < -0.3 is 9.47 Å². The van der Waals surface area contributed by atoms with Crippen LogP contribution in [0.25, 0.3) is 0 Å². The number of carbonyl (C=O) groups excluding carboxylic acids is 1. The maximum Gasteiger partial charge on any atom is 0.235 e. The minimum absolute atomic E-state index is 0.487. The SMILES string of the molecule is Cc1c2c(cc(Cl)c1C1(N=C=O)CC1)OCCO2. The number of rotatable bonds is 2. The molecule has 3 rings (SSSR count). The van der Waals surface area contributed by atoms with Gasteiger partial charge in [-0.3, -0.25) is 0 Å². The van der Waals surface area contributed by atoms with Crippen LogP contribution < -0.4 is 9.47 Å². The zero-order chi connectivity index (χ0) is 12.8. The van der Waals surface area contributed by atoms with Crippen LogP contribution in [0.5, 0.6) is 11.5 Å². The van der Waals surface area contributed by atoms with Gasteiger partial charge in [0.05, 0.1) is 5.02 Å². The first kappa shape index (κ1) is 11.6. The molecule has 1 fully saturated rings. The first-order valence-electron chi connectivity index (χ1n) is 5.86. The Morgan fingerprint density at radius 1 is 1.39 bits per heavy atom. The molecular formula is C13H12ClNO3. The molecule has 0 aromatic heterocycles. The van der Waals surface area contributed by atoms with E-state index in [1.807, 2.05) is 6.92 Å². The van der Waals surface area contributed by atoms with Crippen LogP contribution in [-0.4, -0.2) is 19.3 Å². The van der Waals surface area contributed by atoms with Crippen molar-refractivity contribution in [2.75, 3.05) is 13.2 Å². The van der Waals surface area contributed by atoms with Gasteiger partial charge in [-0.2, -0.15) is 4.99 Å². The van der Waals surface area contributed by atoms with Crippen molar-refractivity contribution >= 4 is 17.7 Å². The van der Waals surface area contributed by atoms with Crippen LogP contribution >= 0.6 is 11.6 Å². The van der Waals surface area contributed by atoms with E-state index < -0.39 is 5.54 Å². The average molecular weight is 266 g/mol. The standard InChI is InChI=1S/C13H12ClNO3/c1-8-11(13(2-3-13)15-7-16)9(14)6-10-12(8)18-5-4-17-10/h6H,2-5H2,1H3. The summed E-state index contributed by atoms with van der Waals surface area (Å²) < 4.78 is 11.1. The predicted molar refractivity (Wildman–Crippen MR) is 66.2 cm³/mol. The second-order valence-corrected chi connectivity index (χ2v) is 5.02. The lowest BCUT2D eigenvalue weighted by Gasteiger charge is -2.24. The van der Waals surface area contributed by atoms with Gasteiger partial charge in [-0.15, -0.1) is 0 Å². The molecule has 0 spiro atoms. The van der Waals surface area contributed by atoms with Crippen LogP contribution in [0.15, 0.2) is 11.1 Å². The maximum atomic E-state index is 10.6. The highest BCUT2D eigenvalue weighted by atomic mass is 35.5. The number of ether oxygens (including phenoxy) is 2. The highest BCUT2D eigenvalue weighted by Gasteiger charge is 2.48. The van der Waals surface area contributed by atoms with Gasteiger partial charge in [-0.1, -0.05) is 11.6 Å². The molecule has 1 aromatic rings. The minimum Gasteiger partial charge on any atom is -0.486 e. The molecule has 0 saturated heterocycles. The lowest BCUT2D eigenvalue weighted by Crippen LogP contribution is -2.18. The molecule has 94 valence electrons. The third-order valence-corrected chi connectivity index (χ3v) is 3.77. The van der Waals surface area contributed by atoms with Crippen LogP contribution in [0.4, 0.5) is 0 Å². The Morgan fingerprint density at radius 2 is 2.11 bits per heavy atom. The first-order valence-corrected chi connectivity index (χ1v) is 6.24. The van der Waals surface area contributed by atoms with Gasteiger partial charge in [0, 0.05) is 17.2 Å². The average Bonchev–Trinajstić information content (AvgIpc) is 3.10. The molecule has 1 aliphatic carbocycles. The third kappa shape index (κ3) is 1.61. The summed E-state index contributed by atoms with van der Waals surface area (Å²) >= 11 is 6.30. The minimum atomic E-state index is -0.487. The molecule has 1 aliphatic heterocycles. The number of benzene rings is 1. The second-order valence-electron chi connectivity index (χ2n) is 4.62. The molecule has 1 saturated carbocycles. The maximum absolute atomic E-state index is 10.6. The Balaban J connectivity index is 2.18. The van der Waals surface area contributed by atoms with E-state index in [0.29, 0.717) is 29.7 Å². The monoisotopic (exact) mass is 265 g/mol. The Bertz CT molecular complexity index is 560. The van der Waals surface area contributed by atoms with E-state index in [1.165, 1.54) is 0 Å². The Hall–Kier alpha value is -1.51. The topological polar surface area (TPSA) is 47.9 Å². The molecule has 0 radical (unpaired) electrons. The number of fused-ring (bicyclic) bond motifs is 1. The molecule has 0 amide bonds. The quantitative estimate of drug-likeness (QED) is 0.610. The first-order chi connectivity index (χ1) is 8.68. The van der Waals surface area contributed by atoms with E-state index >= 15 is 0 Å². The Kier molecular flexibility index (Phi) is 2.58. The molecule has 4 nitrogen and oxygen atoms in total. The Labute approximate surface area is 110 Å². The highest BCUT2D eigenvalue weighted by Crippen LogP contribution is 2.55. The molecular weight excluding hydrogens is 254 g/mol. The third-order valence-electron chi connectivity index (χ3n) is 3.47. The number of halogens is 1. The summed E-state index contributed by atoms with van der Waals surface area (Å²) in [5, 5.41) is 0.577. The van der Waals surface area contributed by atoms with Gasteiger partial charge in [0.25, 0.3) is 0 Å². The highest BCUT2D eigenvalue weighted by molar-refractivity contribution is 6.32. The molecule has 18 heavy (non-hydrogen) atoms. The lowest BCUT2D eigenvalue weighted by atomic mass is 9.98. The molecule has 0 bridgehead atoms. The molecule has 0 unspecified atom stereocenters. The molecule has 0 atom stereocenters. The van der Waals surface area contributed by atoms with E-state index in [4.69, 9.17) is 21.1 Å². The zero-order valence-corrected chi connectivity index (χ0v) is 10.7. The van der Waals surface area contributed by atoms with Crippen molar-refractivity contribution in [3.63, 3.8) is 0 Å². The van der Waals surface area contributed by atoms with Gasteiger partial charge in [0.15, 0.2) is 11.5 Å². The van der Waals surface area contributed by atoms with Crippen molar-refractivity contribution in [2.45, 2.75) is 25.3 Å². The van der Waals surface area contributed by atoms with E-state index in [9.17, 15) is 4.79 Å². The van der Waals surface area contributed by atoms with Gasteiger partial charge in [-0.25, -0.2) is 4.79 Å². The largest absolute Gasteiger partial charge is 0.486 e. The van der Waals surface area contributed by atoms with Crippen LogP contribution in [-0.2, 0) is 10.3 Å². The van der Waals surface area contributed by atoms with E-state index in [0.717, 1.165) is 24.0 Å². The summed E-state index contributed by atoms with van der Waals surface area (Å²) in [5.41, 5.74) is 1.30. The normalized spacial score (nSPS) is 19.0. The summed E-state index contributed by atoms with van der Waals surface area (Å²) in [7, 11) is 0. The van der Waals surface area contributed by atoms with E-state index in [1.54, 1.807) is 12.1 Å². The summed E-state index contributed by atoms with van der Waals surface area (Å²) in [4.78, 5) is 14.5. The van der Waals surface area contributed by atoms with Crippen molar-refractivity contribution in [1.29, 1.82) is 0 Å². The molecule has 5 heteroatoms. The Morgan fingerprint density at radius 3 is 2.78 bits per heavy atom. The number of hydrogen-bond acceptors (Lipinski definition) is 4. The fourth-order valence-corrected chi connectivity index (χ4v) is 2.92. The predicted octanol–water partition coefficient (Wildman–Crippen LogP) is 2.74. The summed E-state index contributed by atoms with van der Waals surface area (Å²) in [6.45, 7) is 2.98. The molecule has 0 N–H and O–H groups in total. The van der Waals surface area contributed by atoms with Crippen LogP contribution in [0.2, 0.25) is 5.02 Å². The lowest BCUT2D eigenvalue weighted by molar-refractivity contribution is 0.170. The molecule has 1 aromatic carbocycles.